The van der Waals surface area contributed by atoms with E-state index in [1.54, 1.807) is 27.7 Å². The van der Waals surface area contributed by atoms with E-state index in [2.05, 4.69) is 9.88 Å². The van der Waals surface area contributed by atoms with Crippen molar-refractivity contribution in [3.05, 3.63) is 30.1 Å². The van der Waals surface area contributed by atoms with Gasteiger partial charge in [-0.15, -0.1) is 0 Å². The lowest BCUT2D eigenvalue weighted by Crippen LogP contribution is -2.57. The normalized spacial score (nSPS) is 39.2. The molecule has 0 aliphatic carbocycles. The van der Waals surface area contributed by atoms with E-state index in [9.17, 15) is 24.3 Å². The average molecular weight is 678 g/mol. The van der Waals surface area contributed by atoms with Crippen molar-refractivity contribution >= 4 is 23.6 Å². The largest absolute Gasteiger partial charge is 0.507 e. The topological polar surface area (TPSA) is 156 Å². The highest BCUT2D eigenvalue weighted by molar-refractivity contribution is 6.00. The molecule has 0 radical (unpaired) electrons. The van der Waals surface area contributed by atoms with Crippen LogP contribution in [0.4, 0.5) is 4.79 Å². The van der Waals surface area contributed by atoms with Crippen molar-refractivity contribution in [3.63, 3.8) is 0 Å². The summed E-state index contributed by atoms with van der Waals surface area (Å²) in [5, 5.41) is 11.7. The number of carbonyl (C=O) groups is 4. The lowest BCUT2D eigenvalue weighted by atomic mass is 9.76. The van der Waals surface area contributed by atoms with Crippen molar-refractivity contribution in [2.75, 3.05) is 21.2 Å². The number of hydrogen-bond acceptors (Lipinski definition) is 12. The highest BCUT2D eigenvalue weighted by atomic mass is 16.7. The first-order valence-electron chi connectivity index (χ1n) is 16.7. The zero-order valence-corrected chi connectivity index (χ0v) is 30.5. The third kappa shape index (κ3) is 8.01. The molecule has 1 saturated heterocycles. The maximum atomic E-state index is 14.1. The monoisotopic (exact) mass is 677 g/mol. The van der Waals surface area contributed by atoms with Gasteiger partial charge < -0.3 is 33.7 Å². The minimum Gasteiger partial charge on any atom is -0.507 e. The van der Waals surface area contributed by atoms with Crippen LogP contribution in [0.25, 0.3) is 0 Å². The molecule has 1 aromatic rings. The van der Waals surface area contributed by atoms with Crippen LogP contribution < -0.4 is 0 Å². The summed E-state index contributed by atoms with van der Waals surface area (Å²) in [6, 6.07) is 0.144. The molecule has 3 heterocycles. The summed E-state index contributed by atoms with van der Waals surface area (Å²) in [6.45, 7) is 15.1. The van der Waals surface area contributed by atoms with E-state index in [4.69, 9.17) is 23.7 Å². The highest BCUT2D eigenvalue weighted by Crippen LogP contribution is 2.39. The van der Waals surface area contributed by atoms with Crippen molar-refractivity contribution in [1.82, 2.24) is 14.5 Å². The third-order valence-electron chi connectivity index (χ3n) is 10.3. The number of Topliss-reactive ketones (excluding diaryl/α,β-unsaturated/α-hetero) is 2. The second-order valence-corrected chi connectivity index (χ2v) is 14.1. The van der Waals surface area contributed by atoms with E-state index < -0.39 is 76.8 Å². The average Bonchev–Trinajstić information content (AvgIpc) is 3.60. The maximum absolute atomic E-state index is 14.1. The van der Waals surface area contributed by atoms with E-state index in [-0.39, 0.29) is 36.5 Å². The molecule has 270 valence electrons. The van der Waals surface area contributed by atoms with Crippen molar-refractivity contribution in [3.8, 4) is 0 Å². The molecule has 3 rings (SSSR count). The zero-order valence-electron chi connectivity index (χ0n) is 30.5. The van der Waals surface area contributed by atoms with Gasteiger partial charge in [0.25, 0.3) is 0 Å². The van der Waals surface area contributed by atoms with Gasteiger partial charge in [0.05, 0.1) is 17.8 Å². The van der Waals surface area contributed by atoms with Gasteiger partial charge in [0.15, 0.2) is 17.9 Å². The van der Waals surface area contributed by atoms with Crippen LogP contribution in [-0.2, 0) is 38.1 Å². The van der Waals surface area contributed by atoms with E-state index in [1.807, 2.05) is 27.9 Å². The Morgan fingerprint density at radius 3 is 2.33 bits per heavy atom. The number of methoxy groups -OCH3 is 1. The fourth-order valence-electron chi connectivity index (χ4n) is 7.15. The zero-order chi connectivity index (χ0) is 36.3. The maximum Gasteiger partial charge on any atom is 0.420 e. The molecule has 2 aliphatic rings. The van der Waals surface area contributed by atoms with Crippen LogP contribution in [-0.4, -0.2) is 106 Å². The SMILES string of the molecule is CC[C@H]1OC(=O)[C@H](C)C(=O)[C@H](C)[C@@H](O[C@@H]2O[C@H](C)C[C@H](N(C)C)[C@H]2C)[C@](C)(OC)C[C@@H](C)C(=O)/C(C)=C(\O)[C@]1(C)OC(=O)n1ccnc1. The van der Waals surface area contributed by atoms with E-state index in [0.29, 0.717) is 0 Å². The Hall–Kier alpha value is -3.13. The Balaban J connectivity index is 2.15. The number of aliphatic hydroxyl groups excluding tert-OH is 1. The number of imidazole rings is 1. The summed E-state index contributed by atoms with van der Waals surface area (Å²) in [4.78, 5) is 61.0. The number of rotatable bonds is 6. The molecular weight excluding hydrogens is 622 g/mol. The third-order valence-corrected chi connectivity index (χ3v) is 10.3. The van der Waals surface area contributed by atoms with Crippen LogP contribution >= 0.6 is 0 Å². The van der Waals surface area contributed by atoms with Gasteiger partial charge in [0.1, 0.15) is 24.1 Å². The van der Waals surface area contributed by atoms with Crippen LogP contribution in [0.15, 0.2) is 30.1 Å². The minimum absolute atomic E-state index is 0.0741. The Labute approximate surface area is 284 Å². The molecule has 48 heavy (non-hydrogen) atoms. The van der Waals surface area contributed by atoms with E-state index in [1.165, 1.54) is 46.6 Å². The van der Waals surface area contributed by atoms with Crippen LogP contribution in [0, 0.1) is 23.7 Å². The van der Waals surface area contributed by atoms with Crippen LogP contribution in [0.1, 0.15) is 81.6 Å². The molecule has 0 spiro atoms. The second kappa shape index (κ2) is 15.6. The van der Waals surface area contributed by atoms with Gasteiger partial charge in [0.2, 0.25) is 5.60 Å². The van der Waals surface area contributed by atoms with Crippen LogP contribution in [0.2, 0.25) is 0 Å². The summed E-state index contributed by atoms with van der Waals surface area (Å²) in [5.74, 6) is -5.36. The summed E-state index contributed by atoms with van der Waals surface area (Å²) in [5.41, 5.74) is -3.29. The van der Waals surface area contributed by atoms with Gasteiger partial charge >= 0.3 is 12.1 Å². The van der Waals surface area contributed by atoms with Gasteiger partial charge in [-0.3, -0.25) is 14.4 Å². The Bertz CT molecular complexity index is 1350. The number of aromatic nitrogens is 2. The predicted octanol–water partition coefficient (Wildman–Crippen LogP) is 4.72. The first-order chi connectivity index (χ1) is 22.3. The van der Waals surface area contributed by atoms with E-state index >= 15 is 0 Å². The Morgan fingerprint density at radius 1 is 1.15 bits per heavy atom. The molecule has 13 heteroatoms. The number of aliphatic hydroxyl groups is 1. The molecule has 1 aromatic heterocycles. The van der Waals surface area contributed by atoms with Gasteiger partial charge in [-0.25, -0.2) is 14.3 Å². The standard InChI is InChI=1S/C35H55N3O10/c1-13-26-35(9,48-33(43)38-15-14-36-18-38)29(41)22(5)27(39)19(2)17-34(8,44-12)30(23(6)28(40)24(7)31(42)46-26)47-32-21(4)25(37(10)11)16-20(3)45-32/h14-15,18-21,23-26,30,32,41H,13,16-17H2,1-12H3/b29-22-/t19-,20-,21-,23+,24-,25+,26-,30-,32+,34-,35-/m1/s1. The van der Waals surface area contributed by atoms with Crippen molar-refractivity contribution in [2.45, 2.75) is 123 Å². The number of esters is 1. The molecule has 11 atom stereocenters. The summed E-state index contributed by atoms with van der Waals surface area (Å²) >= 11 is 0. The number of allylic oxidation sites excluding steroid dienone is 1. The summed E-state index contributed by atoms with van der Waals surface area (Å²) in [7, 11) is 5.49. The van der Waals surface area contributed by atoms with Crippen molar-refractivity contribution in [2.24, 2.45) is 23.7 Å². The quantitative estimate of drug-likeness (QED) is 0.327. The molecule has 2 aliphatic heterocycles. The molecule has 0 amide bonds. The number of ether oxygens (including phenoxy) is 5. The van der Waals surface area contributed by atoms with Crippen molar-refractivity contribution in [1.29, 1.82) is 0 Å². The number of ketones is 2. The van der Waals surface area contributed by atoms with Crippen LogP contribution in [0.5, 0.6) is 0 Å². The predicted molar refractivity (Wildman–Crippen MR) is 176 cm³/mol. The number of carbonyl (C=O) groups excluding carboxylic acids is 4. The molecule has 0 saturated carbocycles. The molecule has 1 fully saturated rings. The van der Waals surface area contributed by atoms with E-state index in [0.717, 1.165) is 11.0 Å². The Kier molecular flexibility index (Phi) is 12.8. The van der Waals surface area contributed by atoms with Gasteiger partial charge in [0, 0.05) is 48.9 Å². The molecule has 1 N–H and O–H groups in total. The number of nitrogens with zero attached hydrogens (tertiary/aromatic N) is 3. The smallest absolute Gasteiger partial charge is 0.420 e. The number of hydrogen-bond donors (Lipinski definition) is 1. The van der Waals surface area contributed by atoms with Gasteiger partial charge in [-0.2, -0.15) is 0 Å². The molecule has 0 unspecified atom stereocenters. The van der Waals surface area contributed by atoms with Crippen molar-refractivity contribution < 1.29 is 48.0 Å². The second-order valence-electron chi connectivity index (χ2n) is 14.1. The first-order valence-corrected chi connectivity index (χ1v) is 16.7. The molecule has 0 aromatic carbocycles. The minimum atomic E-state index is -1.99. The fraction of sp³-hybridized carbons (Fsp3) is 0.743. The molecule has 0 bridgehead atoms. The Morgan fingerprint density at radius 2 is 1.79 bits per heavy atom. The van der Waals surface area contributed by atoms with Gasteiger partial charge in [-0.1, -0.05) is 27.7 Å². The molecular formula is C35H55N3O10. The summed E-state index contributed by atoms with van der Waals surface area (Å²) < 4.78 is 31.8. The lowest BCUT2D eigenvalue weighted by Gasteiger charge is -2.47. The fourth-order valence-corrected chi connectivity index (χ4v) is 7.15. The molecule has 13 nitrogen and oxygen atoms in total. The van der Waals surface area contributed by atoms with Crippen LogP contribution in [0.3, 0.4) is 0 Å². The number of cyclic esters (lactones) is 1. The summed E-state index contributed by atoms with van der Waals surface area (Å²) in [6.07, 6.45) is 0.969. The highest BCUT2D eigenvalue weighted by Gasteiger charge is 2.51. The van der Waals surface area contributed by atoms with Gasteiger partial charge in [-0.05, 0) is 68.0 Å². The first kappa shape index (κ1) is 39.3. The lowest BCUT2D eigenvalue weighted by molar-refractivity contribution is -0.280.